The van der Waals surface area contributed by atoms with Crippen LogP contribution in [0.25, 0.3) is 0 Å². The lowest BCUT2D eigenvalue weighted by Gasteiger charge is -2.17. The van der Waals surface area contributed by atoms with E-state index < -0.39 is 6.10 Å². The summed E-state index contributed by atoms with van der Waals surface area (Å²) in [6.45, 7) is 10.3. The molecule has 0 radical (unpaired) electrons. The highest BCUT2D eigenvalue weighted by Crippen LogP contribution is 2.27. The van der Waals surface area contributed by atoms with Gasteiger partial charge in [-0.05, 0) is 49.4 Å². The molecule has 0 saturated heterocycles. The Morgan fingerprint density at radius 2 is 1.92 bits per heavy atom. The summed E-state index contributed by atoms with van der Waals surface area (Å²) in [6.07, 6.45) is 0.0175. The molecule has 1 N–H and O–H groups in total. The zero-order chi connectivity index (χ0) is 18.4. The largest absolute Gasteiger partial charge is 0.481 e. The first-order valence-electron chi connectivity index (χ1n) is 8.39. The van der Waals surface area contributed by atoms with Gasteiger partial charge in [0.2, 0.25) is 5.13 Å². The fraction of sp³-hybridized carbons (Fsp3) is 0.500. The summed E-state index contributed by atoms with van der Waals surface area (Å²) in [5.41, 5.74) is 2.22. The fourth-order valence-corrected chi connectivity index (χ4v) is 3.96. The molecule has 0 aliphatic heterocycles. The molecular formula is C18H25N3O2S2. The fourth-order valence-electron chi connectivity index (χ4n) is 2.23. The van der Waals surface area contributed by atoms with Gasteiger partial charge in [-0.15, -0.1) is 10.2 Å². The number of nitrogens with one attached hydrogen (secondary N) is 1. The molecule has 1 atom stereocenters. The highest BCUT2D eigenvalue weighted by atomic mass is 32.2. The minimum atomic E-state index is -0.558. The summed E-state index contributed by atoms with van der Waals surface area (Å²) >= 11 is 3.05. The van der Waals surface area contributed by atoms with E-state index in [9.17, 15) is 4.79 Å². The van der Waals surface area contributed by atoms with Crippen molar-refractivity contribution in [1.29, 1.82) is 0 Å². The van der Waals surface area contributed by atoms with Gasteiger partial charge in [-0.3, -0.25) is 10.1 Å². The highest BCUT2D eigenvalue weighted by Gasteiger charge is 2.20. The van der Waals surface area contributed by atoms with E-state index in [-0.39, 0.29) is 5.91 Å². The third-order valence-corrected chi connectivity index (χ3v) is 5.71. The lowest BCUT2D eigenvalue weighted by Crippen LogP contribution is -2.32. The molecule has 136 valence electrons. The van der Waals surface area contributed by atoms with Crippen LogP contribution in [0.1, 0.15) is 38.3 Å². The predicted molar refractivity (Wildman–Crippen MR) is 105 cm³/mol. The molecule has 0 bridgehead atoms. The standard InChI is InChI=1S/C18H25N3O2S2/c1-6-15(23-14-8-12(4)7-13(5)9-14)16(22)19-17-20-21-18(25-17)24-10-11(2)3/h7-9,11,15H,6,10H2,1-5H3,(H,19,20,22)/t15-/m1/s1. The normalized spacial score (nSPS) is 12.2. The topological polar surface area (TPSA) is 64.1 Å². The molecule has 2 rings (SSSR count). The van der Waals surface area contributed by atoms with E-state index in [1.54, 1.807) is 11.8 Å². The van der Waals surface area contributed by atoms with Gasteiger partial charge in [0.05, 0.1) is 0 Å². The van der Waals surface area contributed by atoms with Crippen molar-refractivity contribution in [2.75, 3.05) is 11.1 Å². The van der Waals surface area contributed by atoms with Gasteiger partial charge >= 0.3 is 0 Å². The Kier molecular flexibility index (Phi) is 7.25. The van der Waals surface area contributed by atoms with Crippen molar-refractivity contribution >= 4 is 34.1 Å². The van der Waals surface area contributed by atoms with E-state index >= 15 is 0 Å². The Balaban J connectivity index is 1.97. The lowest BCUT2D eigenvalue weighted by atomic mass is 10.1. The van der Waals surface area contributed by atoms with Crippen LogP contribution in [-0.4, -0.2) is 28.0 Å². The summed E-state index contributed by atoms with van der Waals surface area (Å²) in [6, 6.07) is 5.95. The Bertz CT molecular complexity index is 696. The number of hydrogen-bond acceptors (Lipinski definition) is 6. The molecule has 1 aromatic carbocycles. The maximum Gasteiger partial charge on any atom is 0.267 e. The van der Waals surface area contributed by atoms with E-state index in [1.807, 2.05) is 32.9 Å². The molecule has 1 amide bonds. The third kappa shape index (κ3) is 6.32. The van der Waals surface area contributed by atoms with E-state index in [4.69, 9.17) is 4.74 Å². The van der Waals surface area contributed by atoms with Gasteiger partial charge < -0.3 is 4.74 Å². The monoisotopic (exact) mass is 379 g/mol. The van der Waals surface area contributed by atoms with E-state index in [1.165, 1.54) is 11.3 Å². The zero-order valence-electron chi connectivity index (χ0n) is 15.3. The van der Waals surface area contributed by atoms with Gasteiger partial charge in [0.25, 0.3) is 5.91 Å². The van der Waals surface area contributed by atoms with Crippen molar-refractivity contribution in [3.8, 4) is 5.75 Å². The highest BCUT2D eigenvalue weighted by molar-refractivity contribution is 8.01. The molecule has 0 saturated carbocycles. The number of thioether (sulfide) groups is 1. The Hall–Kier alpha value is -1.60. The van der Waals surface area contributed by atoms with E-state index in [0.29, 0.717) is 23.2 Å². The summed E-state index contributed by atoms with van der Waals surface area (Å²) in [4.78, 5) is 12.5. The number of rotatable bonds is 8. The number of aromatic nitrogens is 2. The van der Waals surface area contributed by atoms with E-state index in [0.717, 1.165) is 21.2 Å². The number of carbonyl (C=O) groups excluding carboxylic acids is 1. The maximum atomic E-state index is 12.5. The Morgan fingerprint density at radius 1 is 1.24 bits per heavy atom. The van der Waals surface area contributed by atoms with Crippen molar-refractivity contribution in [2.45, 2.75) is 51.5 Å². The molecule has 7 heteroatoms. The van der Waals surface area contributed by atoms with Gasteiger partial charge in [0.15, 0.2) is 10.4 Å². The van der Waals surface area contributed by atoms with Crippen LogP contribution >= 0.6 is 23.1 Å². The van der Waals surface area contributed by atoms with Crippen LogP contribution in [-0.2, 0) is 4.79 Å². The summed E-state index contributed by atoms with van der Waals surface area (Å²) in [7, 11) is 0. The van der Waals surface area contributed by atoms with Gasteiger partial charge in [0.1, 0.15) is 5.75 Å². The smallest absolute Gasteiger partial charge is 0.267 e. The molecule has 0 aliphatic rings. The van der Waals surface area contributed by atoms with Crippen LogP contribution in [0, 0.1) is 19.8 Å². The van der Waals surface area contributed by atoms with Crippen molar-refractivity contribution in [3.63, 3.8) is 0 Å². The number of benzene rings is 1. The summed E-state index contributed by atoms with van der Waals surface area (Å²) in [5, 5.41) is 11.5. The molecule has 0 unspecified atom stereocenters. The van der Waals surface area contributed by atoms with Crippen LogP contribution in [0.15, 0.2) is 22.5 Å². The Morgan fingerprint density at radius 3 is 2.52 bits per heavy atom. The summed E-state index contributed by atoms with van der Waals surface area (Å²) < 4.78 is 6.75. The van der Waals surface area contributed by atoms with Gasteiger partial charge in [-0.1, -0.05) is 49.9 Å². The van der Waals surface area contributed by atoms with Crippen LogP contribution in [0.5, 0.6) is 5.75 Å². The molecule has 0 fully saturated rings. The zero-order valence-corrected chi connectivity index (χ0v) is 17.0. The minimum absolute atomic E-state index is 0.196. The first-order valence-corrected chi connectivity index (χ1v) is 10.2. The van der Waals surface area contributed by atoms with Gasteiger partial charge in [0, 0.05) is 5.75 Å². The molecule has 5 nitrogen and oxygen atoms in total. The van der Waals surface area contributed by atoms with Crippen LogP contribution in [0.4, 0.5) is 5.13 Å². The quantitative estimate of drug-likeness (QED) is 0.532. The molecular weight excluding hydrogens is 354 g/mol. The minimum Gasteiger partial charge on any atom is -0.481 e. The van der Waals surface area contributed by atoms with Gasteiger partial charge in [-0.2, -0.15) is 0 Å². The molecule has 2 aromatic rings. The number of ether oxygens (including phenoxy) is 1. The second kappa shape index (κ2) is 9.20. The van der Waals surface area contributed by atoms with Crippen molar-refractivity contribution in [3.05, 3.63) is 29.3 Å². The first-order chi connectivity index (χ1) is 11.9. The lowest BCUT2D eigenvalue weighted by molar-refractivity contribution is -0.122. The second-order valence-electron chi connectivity index (χ2n) is 6.41. The number of nitrogens with zero attached hydrogens (tertiary/aromatic N) is 2. The van der Waals surface area contributed by atoms with Gasteiger partial charge in [-0.25, -0.2) is 0 Å². The van der Waals surface area contributed by atoms with Crippen molar-refractivity contribution < 1.29 is 9.53 Å². The molecule has 1 heterocycles. The SMILES string of the molecule is CC[C@@H](Oc1cc(C)cc(C)c1)C(=O)Nc1nnc(SCC(C)C)s1. The average molecular weight is 380 g/mol. The first kappa shape index (κ1) is 19.7. The van der Waals surface area contributed by atoms with Crippen LogP contribution < -0.4 is 10.1 Å². The Labute approximate surface area is 157 Å². The number of aryl methyl sites for hydroxylation is 2. The van der Waals surface area contributed by atoms with Crippen molar-refractivity contribution in [1.82, 2.24) is 10.2 Å². The number of amides is 1. The predicted octanol–water partition coefficient (Wildman–Crippen LogP) is 4.70. The molecule has 0 spiro atoms. The average Bonchev–Trinajstić information content (AvgIpc) is 2.97. The van der Waals surface area contributed by atoms with E-state index in [2.05, 4.69) is 35.4 Å². The number of hydrogen-bond donors (Lipinski definition) is 1. The number of anilines is 1. The third-order valence-electron chi connectivity index (χ3n) is 3.31. The summed E-state index contributed by atoms with van der Waals surface area (Å²) in [5.74, 6) is 2.08. The van der Waals surface area contributed by atoms with Crippen LogP contribution in [0.3, 0.4) is 0 Å². The maximum absolute atomic E-state index is 12.5. The molecule has 25 heavy (non-hydrogen) atoms. The molecule has 0 aliphatic carbocycles. The molecule has 1 aromatic heterocycles. The van der Waals surface area contributed by atoms with Crippen molar-refractivity contribution in [2.24, 2.45) is 5.92 Å². The van der Waals surface area contributed by atoms with Crippen LogP contribution in [0.2, 0.25) is 0 Å². The number of carbonyl (C=O) groups is 1. The second-order valence-corrected chi connectivity index (χ2v) is 8.65.